The van der Waals surface area contributed by atoms with Crippen LogP contribution in [0, 0.1) is 5.92 Å². The standard InChI is InChI=1S/C15H28N4O/c1-4-7-12(8-9-20)11-17-15-10-14(16-6-3)18-13(5-2)19-15/h10,12,20H,4-9,11H2,1-3H3,(H2,16,17,18,19). The van der Waals surface area contributed by atoms with E-state index in [0.717, 1.165) is 56.2 Å². The van der Waals surface area contributed by atoms with E-state index in [1.165, 1.54) is 0 Å². The maximum Gasteiger partial charge on any atom is 0.132 e. The molecule has 114 valence electrons. The number of nitrogens with one attached hydrogen (secondary N) is 2. The van der Waals surface area contributed by atoms with Crippen molar-refractivity contribution in [1.29, 1.82) is 0 Å². The Balaban J connectivity index is 2.67. The lowest BCUT2D eigenvalue weighted by atomic mass is 10.0. The summed E-state index contributed by atoms with van der Waals surface area (Å²) in [6.07, 6.45) is 3.92. The number of aliphatic hydroxyl groups is 1. The predicted octanol–water partition coefficient (Wildman–Crippen LogP) is 2.68. The average Bonchev–Trinajstić information content (AvgIpc) is 2.45. The van der Waals surface area contributed by atoms with Gasteiger partial charge < -0.3 is 15.7 Å². The number of aliphatic hydroxyl groups excluding tert-OH is 1. The highest BCUT2D eigenvalue weighted by atomic mass is 16.3. The fourth-order valence-corrected chi connectivity index (χ4v) is 2.21. The molecule has 1 heterocycles. The number of hydrogen-bond donors (Lipinski definition) is 3. The number of rotatable bonds is 10. The van der Waals surface area contributed by atoms with Crippen LogP contribution in [0.2, 0.25) is 0 Å². The van der Waals surface area contributed by atoms with Crippen molar-refractivity contribution in [2.75, 3.05) is 30.3 Å². The van der Waals surface area contributed by atoms with Crippen LogP contribution in [0.1, 0.15) is 45.9 Å². The first kappa shape index (κ1) is 16.7. The van der Waals surface area contributed by atoms with Gasteiger partial charge in [0.25, 0.3) is 0 Å². The topological polar surface area (TPSA) is 70.1 Å². The molecule has 1 rings (SSSR count). The molecule has 1 aromatic heterocycles. The molecule has 3 N–H and O–H groups in total. The molecule has 0 fully saturated rings. The summed E-state index contributed by atoms with van der Waals surface area (Å²) in [6.45, 7) is 8.23. The molecule has 0 aliphatic heterocycles. The summed E-state index contributed by atoms with van der Waals surface area (Å²) in [5.41, 5.74) is 0. The fourth-order valence-electron chi connectivity index (χ4n) is 2.21. The van der Waals surface area contributed by atoms with Crippen molar-refractivity contribution in [1.82, 2.24) is 9.97 Å². The van der Waals surface area contributed by atoms with Crippen LogP contribution in [0.5, 0.6) is 0 Å². The molecular weight excluding hydrogens is 252 g/mol. The molecule has 1 unspecified atom stereocenters. The third-order valence-electron chi connectivity index (χ3n) is 3.25. The zero-order valence-electron chi connectivity index (χ0n) is 12.9. The van der Waals surface area contributed by atoms with Gasteiger partial charge in [-0.2, -0.15) is 0 Å². The molecule has 1 atom stereocenters. The van der Waals surface area contributed by atoms with Crippen molar-refractivity contribution in [3.05, 3.63) is 11.9 Å². The zero-order chi connectivity index (χ0) is 14.8. The van der Waals surface area contributed by atoms with Gasteiger partial charge in [-0.3, -0.25) is 0 Å². The summed E-state index contributed by atoms with van der Waals surface area (Å²) in [4.78, 5) is 8.94. The van der Waals surface area contributed by atoms with Crippen LogP contribution in [-0.2, 0) is 6.42 Å². The Labute approximate surface area is 122 Å². The summed E-state index contributed by atoms with van der Waals surface area (Å²) < 4.78 is 0. The zero-order valence-corrected chi connectivity index (χ0v) is 12.9. The molecule has 0 aromatic carbocycles. The van der Waals surface area contributed by atoms with Crippen molar-refractivity contribution in [3.63, 3.8) is 0 Å². The number of aromatic nitrogens is 2. The Morgan fingerprint density at radius 3 is 2.35 bits per heavy atom. The normalized spacial score (nSPS) is 12.2. The van der Waals surface area contributed by atoms with Crippen LogP contribution >= 0.6 is 0 Å². The van der Waals surface area contributed by atoms with Crippen molar-refractivity contribution >= 4 is 11.6 Å². The molecule has 0 saturated carbocycles. The SMILES string of the molecule is CCCC(CCO)CNc1cc(NCC)nc(CC)n1. The lowest BCUT2D eigenvalue weighted by Gasteiger charge is -2.17. The Bertz CT molecular complexity index is 378. The maximum absolute atomic E-state index is 9.09. The van der Waals surface area contributed by atoms with E-state index in [-0.39, 0.29) is 6.61 Å². The summed E-state index contributed by atoms with van der Waals surface area (Å²) in [6, 6.07) is 1.95. The predicted molar refractivity (Wildman–Crippen MR) is 84.2 cm³/mol. The van der Waals surface area contributed by atoms with E-state index in [1.807, 2.05) is 6.07 Å². The number of aryl methyl sites for hydroxylation is 1. The van der Waals surface area contributed by atoms with E-state index in [0.29, 0.717) is 5.92 Å². The minimum Gasteiger partial charge on any atom is -0.396 e. The summed E-state index contributed by atoms with van der Waals surface area (Å²) in [5.74, 6) is 3.08. The van der Waals surface area contributed by atoms with E-state index in [4.69, 9.17) is 5.11 Å². The molecule has 0 radical (unpaired) electrons. The van der Waals surface area contributed by atoms with Gasteiger partial charge in [-0.25, -0.2) is 9.97 Å². The lowest BCUT2D eigenvalue weighted by Crippen LogP contribution is -2.17. The van der Waals surface area contributed by atoms with Crippen LogP contribution in [0.15, 0.2) is 6.07 Å². The molecule has 5 heteroatoms. The van der Waals surface area contributed by atoms with Crippen molar-refractivity contribution in [2.45, 2.75) is 46.5 Å². The molecule has 0 saturated heterocycles. The molecule has 0 amide bonds. The summed E-state index contributed by atoms with van der Waals surface area (Å²) >= 11 is 0. The fraction of sp³-hybridized carbons (Fsp3) is 0.733. The van der Waals surface area contributed by atoms with E-state index >= 15 is 0 Å². The minimum atomic E-state index is 0.249. The molecule has 0 bridgehead atoms. The van der Waals surface area contributed by atoms with Gasteiger partial charge in [-0.05, 0) is 25.7 Å². The second kappa shape index (κ2) is 9.53. The quantitative estimate of drug-likeness (QED) is 0.615. The minimum absolute atomic E-state index is 0.249. The Kier molecular flexibility index (Phi) is 7.95. The highest BCUT2D eigenvalue weighted by Gasteiger charge is 2.08. The van der Waals surface area contributed by atoms with Crippen LogP contribution < -0.4 is 10.6 Å². The van der Waals surface area contributed by atoms with Crippen LogP contribution in [-0.4, -0.2) is 34.8 Å². The largest absolute Gasteiger partial charge is 0.396 e. The highest BCUT2D eigenvalue weighted by Crippen LogP contribution is 2.15. The van der Waals surface area contributed by atoms with Gasteiger partial charge in [0, 0.05) is 32.2 Å². The van der Waals surface area contributed by atoms with Gasteiger partial charge in [0.2, 0.25) is 0 Å². The van der Waals surface area contributed by atoms with Crippen molar-refractivity contribution in [2.24, 2.45) is 5.92 Å². The molecule has 20 heavy (non-hydrogen) atoms. The average molecular weight is 280 g/mol. The summed E-state index contributed by atoms with van der Waals surface area (Å²) in [5, 5.41) is 15.7. The monoisotopic (exact) mass is 280 g/mol. The maximum atomic E-state index is 9.09. The molecule has 1 aromatic rings. The van der Waals surface area contributed by atoms with Crippen molar-refractivity contribution in [3.8, 4) is 0 Å². The Hall–Kier alpha value is -1.36. The van der Waals surface area contributed by atoms with E-state index in [2.05, 4.69) is 41.4 Å². The van der Waals surface area contributed by atoms with Gasteiger partial charge in [0.1, 0.15) is 17.5 Å². The second-order valence-corrected chi connectivity index (χ2v) is 4.99. The third kappa shape index (κ3) is 5.74. The highest BCUT2D eigenvalue weighted by molar-refractivity contribution is 5.47. The molecule has 0 aliphatic carbocycles. The van der Waals surface area contributed by atoms with Crippen LogP contribution in [0.25, 0.3) is 0 Å². The van der Waals surface area contributed by atoms with Gasteiger partial charge >= 0.3 is 0 Å². The first-order chi connectivity index (χ1) is 9.73. The van der Waals surface area contributed by atoms with Gasteiger partial charge in [0.05, 0.1) is 0 Å². The number of hydrogen-bond acceptors (Lipinski definition) is 5. The Morgan fingerprint density at radius 2 is 1.80 bits per heavy atom. The van der Waals surface area contributed by atoms with Crippen LogP contribution in [0.3, 0.4) is 0 Å². The molecule has 5 nitrogen and oxygen atoms in total. The first-order valence-electron chi connectivity index (χ1n) is 7.69. The number of anilines is 2. The second-order valence-electron chi connectivity index (χ2n) is 4.99. The van der Waals surface area contributed by atoms with Gasteiger partial charge in [-0.1, -0.05) is 20.3 Å². The van der Waals surface area contributed by atoms with E-state index in [9.17, 15) is 0 Å². The Morgan fingerprint density at radius 1 is 1.10 bits per heavy atom. The summed E-state index contributed by atoms with van der Waals surface area (Å²) in [7, 11) is 0. The van der Waals surface area contributed by atoms with E-state index < -0.39 is 0 Å². The van der Waals surface area contributed by atoms with E-state index in [1.54, 1.807) is 0 Å². The smallest absolute Gasteiger partial charge is 0.132 e. The van der Waals surface area contributed by atoms with Gasteiger partial charge in [-0.15, -0.1) is 0 Å². The number of nitrogens with zero attached hydrogens (tertiary/aromatic N) is 2. The van der Waals surface area contributed by atoms with Crippen molar-refractivity contribution < 1.29 is 5.11 Å². The molecule has 0 spiro atoms. The van der Waals surface area contributed by atoms with Gasteiger partial charge in [0.15, 0.2) is 0 Å². The third-order valence-corrected chi connectivity index (χ3v) is 3.25. The first-order valence-corrected chi connectivity index (χ1v) is 7.69. The lowest BCUT2D eigenvalue weighted by molar-refractivity contribution is 0.255. The molecule has 0 aliphatic rings. The molecular formula is C15H28N4O. The van der Waals surface area contributed by atoms with Crippen LogP contribution in [0.4, 0.5) is 11.6 Å².